The van der Waals surface area contributed by atoms with E-state index in [1.165, 1.54) is 11.3 Å². The number of rotatable bonds is 5. The molecule has 3 N–H and O–H groups in total. The highest BCUT2D eigenvalue weighted by Gasteiger charge is 2.24. The summed E-state index contributed by atoms with van der Waals surface area (Å²) in [6, 6.07) is 3.85. The van der Waals surface area contributed by atoms with E-state index in [9.17, 15) is 5.11 Å². The lowest BCUT2D eigenvalue weighted by atomic mass is 10.1. The molecular formula is C15H22N4O2S. The molecule has 0 fully saturated rings. The van der Waals surface area contributed by atoms with Crippen molar-refractivity contribution in [2.45, 2.75) is 32.9 Å². The first-order chi connectivity index (χ1) is 10.4. The molecule has 0 aliphatic heterocycles. The number of thiophene rings is 1. The van der Waals surface area contributed by atoms with Gasteiger partial charge >= 0.3 is 0 Å². The summed E-state index contributed by atoms with van der Waals surface area (Å²) in [6.45, 7) is 6.52. The second kappa shape index (κ2) is 6.93. The van der Waals surface area contributed by atoms with Crippen molar-refractivity contribution in [3.8, 4) is 0 Å². The number of aliphatic hydroxyl groups is 1. The summed E-state index contributed by atoms with van der Waals surface area (Å²) in [5, 5.41) is 22.7. The van der Waals surface area contributed by atoms with Gasteiger partial charge < -0.3 is 20.3 Å². The molecule has 0 saturated carbocycles. The van der Waals surface area contributed by atoms with Gasteiger partial charge in [0.15, 0.2) is 5.96 Å². The Bertz CT molecular complexity index is 613. The van der Waals surface area contributed by atoms with E-state index in [0.29, 0.717) is 19.0 Å². The van der Waals surface area contributed by atoms with Crippen LogP contribution < -0.4 is 10.6 Å². The molecule has 0 aliphatic rings. The van der Waals surface area contributed by atoms with Crippen molar-refractivity contribution >= 4 is 17.3 Å². The number of guanidine groups is 1. The molecule has 0 spiro atoms. The highest BCUT2D eigenvalue weighted by atomic mass is 32.1. The Kier molecular flexibility index (Phi) is 5.20. The molecule has 2 heterocycles. The molecule has 2 aromatic heterocycles. The molecule has 0 bridgehead atoms. The quantitative estimate of drug-likeness (QED) is 0.579. The largest absolute Gasteiger partial charge is 0.383 e. The third-order valence-electron chi connectivity index (χ3n) is 3.49. The van der Waals surface area contributed by atoms with Crippen LogP contribution in [0.4, 0.5) is 0 Å². The maximum absolute atomic E-state index is 10.5. The third-order valence-corrected chi connectivity index (χ3v) is 4.61. The third kappa shape index (κ3) is 3.86. The maximum Gasteiger partial charge on any atom is 0.191 e. The SMILES string of the molecule is CN=C(NCc1c(C)noc1C)NCC(C)(O)c1cccs1. The number of hydrogen-bond donors (Lipinski definition) is 3. The monoisotopic (exact) mass is 322 g/mol. The second-order valence-corrected chi connectivity index (χ2v) is 6.28. The molecular weight excluding hydrogens is 300 g/mol. The zero-order valence-corrected chi connectivity index (χ0v) is 14.1. The van der Waals surface area contributed by atoms with Gasteiger partial charge in [-0.3, -0.25) is 4.99 Å². The Labute approximate surface area is 134 Å². The van der Waals surface area contributed by atoms with Crippen molar-refractivity contribution in [1.29, 1.82) is 0 Å². The lowest BCUT2D eigenvalue weighted by Gasteiger charge is -2.23. The first-order valence-electron chi connectivity index (χ1n) is 7.06. The zero-order chi connectivity index (χ0) is 16.2. The predicted molar refractivity (Wildman–Crippen MR) is 88.1 cm³/mol. The summed E-state index contributed by atoms with van der Waals surface area (Å²) in [6.07, 6.45) is 0. The van der Waals surface area contributed by atoms with Crippen molar-refractivity contribution in [1.82, 2.24) is 15.8 Å². The van der Waals surface area contributed by atoms with E-state index in [4.69, 9.17) is 4.52 Å². The minimum Gasteiger partial charge on any atom is -0.383 e. The van der Waals surface area contributed by atoms with E-state index in [-0.39, 0.29) is 0 Å². The molecule has 1 unspecified atom stereocenters. The number of nitrogens with zero attached hydrogens (tertiary/aromatic N) is 2. The van der Waals surface area contributed by atoms with Crippen LogP contribution in [0.25, 0.3) is 0 Å². The number of aliphatic imine (C=N–C) groups is 1. The van der Waals surface area contributed by atoms with Crippen LogP contribution in [0.1, 0.15) is 28.8 Å². The summed E-state index contributed by atoms with van der Waals surface area (Å²) in [5.74, 6) is 1.42. The van der Waals surface area contributed by atoms with Crippen LogP contribution in [-0.2, 0) is 12.1 Å². The average molecular weight is 322 g/mol. The molecule has 0 aromatic carbocycles. The molecule has 6 nitrogen and oxygen atoms in total. The van der Waals surface area contributed by atoms with Gasteiger partial charge in [0.05, 0.1) is 12.2 Å². The van der Waals surface area contributed by atoms with E-state index in [2.05, 4.69) is 20.8 Å². The van der Waals surface area contributed by atoms with Crippen LogP contribution in [-0.4, -0.2) is 29.8 Å². The highest BCUT2D eigenvalue weighted by molar-refractivity contribution is 7.10. The fourth-order valence-electron chi connectivity index (χ4n) is 2.07. The molecule has 2 rings (SSSR count). The molecule has 0 aliphatic carbocycles. The molecule has 0 radical (unpaired) electrons. The number of aryl methyl sites for hydroxylation is 2. The van der Waals surface area contributed by atoms with Crippen LogP contribution >= 0.6 is 11.3 Å². The Balaban J connectivity index is 1.91. The van der Waals surface area contributed by atoms with Crippen LogP contribution in [0, 0.1) is 13.8 Å². The molecule has 7 heteroatoms. The molecule has 2 aromatic rings. The Hall–Kier alpha value is -1.86. The van der Waals surface area contributed by atoms with Gasteiger partial charge in [0.1, 0.15) is 11.4 Å². The van der Waals surface area contributed by atoms with Crippen LogP contribution in [0.2, 0.25) is 0 Å². The van der Waals surface area contributed by atoms with Gasteiger partial charge in [0, 0.05) is 24.0 Å². The number of nitrogens with one attached hydrogen (secondary N) is 2. The molecule has 0 saturated heterocycles. The summed E-state index contributed by atoms with van der Waals surface area (Å²) in [7, 11) is 1.70. The zero-order valence-electron chi connectivity index (χ0n) is 13.3. The van der Waals surface area contributed by atoms with Crippen molar-refractivity contribution in [2.24, 2.45) is 4.99 Å². The first-order valence-corrected chi connectivity index (χ1v) is 7.94. The van der Waals surface area contributed by atoms with Crippen LogP contribution in [0.3, 0.4) is 0 Å². The second-order valence-electron chi connectivity index (χ2n) is 5.33. The molecule has 1 atom stereocenters. The topological polar surface area (TPSA) is 82.7 Å². The highest BCUT2D eigenvalue weighted by Crippen LogP contribution is 2.24. The van der Waals surface area contributed by atoms with E-state index in [1.54, 1.807) is 14.0 Å². The van der Waals surface area contributed by atoms with Crippen LogP contribution in [0.5, 0.6) is 0 Å². The van der Waals surface area contributed by atoms with Crippen molar-refractivity contribution in [3.05, 3.63) is 39.4 Å². The van der Waals surface area contributed by atoms with Crippen LogP contribution in [0.15, 0.2) is 27.0 Å². The maximum atomic E-state index is 10.5. The smallest absolute Gasteiger partial charge is 0.191 e. The van der Waals surface area contributed by atoms with Gasteiger partial charge in [-0.1, -0.05) is 11.2 Å². The standard InChI is InChI=1S/C15H22N4O2S/c1-10-12(11(2)21-19-10)8-17-14(16-4)18-9-15(3,20)13-6-5-7-22-13/h5-7,20H,8-9H2,1-4H3,(H2,16,17,18). The summed E-state index contributed by atoms with van der Waals surface area (Å²) < 4.78 is 5.14. The van der Waals surface area contributed by atoms with Gasteiger partial charge in [-0.25, -0.2) is 0 Å². The Morgan fingerprint density at radius 1 is 1.45 bits per heavy atom. The van der Waals surface area contributed by atoms with E-state index < -0.39 is 5.60 Å². The summed E-state index contributed by atoms with van der Waals surface area (Å²) in [4.78, 5) is 5.08. The normalized spacial score (nSPS) is 14.7. The van der Waals surface area contributed by atoms with Crippen molar-refractivity contribution < 1.29 is 9.63 Å². The molecule has 120 valence electrons. The van der Waals surface area contributed by atoms with E-state index >= 15 is 0 Å². The van der Waals surface area contributed by atoms with Gasteiger partial charge in [-0.2, -0.15) is 0 Å². The van der Waals surface area contributed by atoms with Gasteiger partial charge in [0.25, 0.3) is 0 Å². The number of hydrogen-bond acceptors (Lipinski definition) is 5. The Morgan fingerprint density at radius 2 is 2.23 bits per heavy atom. The fraction of sp³-hybridized carbons (Fsp3) is 0.467. The van der Waals surface area contributed by atoms with Gasteiger partial charge in [0.2, 0.25) is 0 Å². The van der Waals surface area contributed by atoms with Gasteiger partial charge in [-0.15, -0.1) is 11.3 Å². The first kappa shape index (κ1) is 16.5. The predicted octanol–water partition coefficient (Wildman–Crippen LogP) is 1.93. The van der Waals surface area contributed by atoms with Gasteiger partial charge in [-0.05, 0) is 32.2 Å². The average Bonchev–Trinajstić information content (AvgIpc) is 3.12. The fourth-order valence-corrected chi connectivity index (χ4v) is 2.86. The van der Waals surface area contributed by atoms with E-state index in [1.807, 2.05) is 31.4 Å². The van der Waals surface area contributed by atoms with Crippen molar-refractivity contribution in [2.75, 3.05) is 13.6 Å². The molecule has 0 amide bonds. The Morgan fingerprint density at radius 3 is 2.77 bits per heavy atom. The lowest BCUT2D eigenvalue weighted by molar-refractivity contribution is 0.0655. The lowest BCUT2D eigenvalue weighted by Crippen LogP contribution is -2.44. The summed E-state index contributed by atoms with van der Waals surface area (Å²) in [5.41, 5.74) is 0.952. The van der Waals surface area contributed by atoms with Crippen molar-refractivity contribution in [3.63, 3.8) is 0 Å². The minimum absolute atomic E-state index is 0.370. The number of aromatic nitrogens is 1. The molecule has 22 heavy (non-hydrogen) atoms. The van der Waals surface area contributed by atoms with E-state index in [0.717, 1.165) is 21.9 Å². The minimum atomic E-state index is -0.936. The summed E-state index contributed by atoms with van der Waals surface area (Å²) >= 11 is 1.53.